The van der Waals surface area contributed by atoms with Gasteiger partial charge in [-0.1, -0.05) is 24.3 Å². The number of hydrogen-bond acceptors (Lipinski definition) is 6. The molecule has 0 amide bonds. The number of aromatic nitrogens is 4. The highest BCUT2D eigenvalue weighted by Gasteiger charge is 2.14. The van der Waals surface area contributed by atoms with E-state index < -0.39 is 4.92 Å². The van der Waals surface area contributed by atoms with Crippen molar-refractivity contribution in [3.05, 3.63) is 70.0 Å². The number of para-hydroxylation sites is 1. The largest absolute Gasteiger partial charge is 0.366 e. The molecular weight excluding hydrogens is 308 g/mol. The Balaban J connectivity index is 1.89. The van der Waals surface area contributed by atoms with Gasteiger partial charge in [0.2, 0.25) is 5.95 Å². The maximum Gasteiger partial charge on any atom is 0.269 e. The van der Waals surface area contributed by atoms with E-state index in [1.54, 1.807) is 10.6 Å². The smallest absolute Gasteiger partial charge is 0.269 e. The minimum absolute atomic E-state index is 0.0441. The predicted molar refractivity (Wildman–Crippen MR) is 88.6 cm³/mol. The molecule has 2 aromatic carbocycles. The molecular formula is C16H12N6O2. The molecule has 0 aliphatic heterocycles. The summed E-state index contributed by atoms with van der Waals surface area (Å²) < 4.78 is 1.59. The van der Waals surface area contributed by atoms with Gasteiger partial charge in [0.05, 0.1) is 10.4 Å². The Bertz CT molecular complexity index is 1090. The molecule has 24 heavy (non-hydrogen) atoms. The summed E-state index contributed by atoms with van der Waals surface area (Å²) in [6.07, 6.45) is 0.381. The second-order valence-electron chi connectivity index (χ2n) is 5.35. The Labute approximate surface area is 135 Å². The Morgan fingerprint density at radius 3 is 2.79 bits per heavy atom. The van der Waals surface area contributed by atoms with Crippen LogP contribution in [0.4, 0.5) is 11.6 Å². The number of nitrogens with two attached hydrogens (primary N) is 1. The molecule has 8 nitrogen and oxygen atoms in total. The Hall–Kier alpha value is -3.55. The average molecular weight is 320 g/mol. The van der Waals surface area contributed by atoms with Crippen molar-refractivity contribution >= 4 is 28.2 Å². The lowest BCUT2D eigenvalue weighted by molar-refractivity contribution is -0.384. The lowest BCUT2D eigenvalue weighted by atomic mass is 10.1. The van der Waals surface area contributed by atoms with Crippen LogP contribution in [0.1, 0.15) is 11.4 Å². The highest BCUT2D eigenvalue weighted by molar-refractivity contribution is 5.91. The topological polar surface area (TPSA) is 112 Å². The second kappa shape index (κ2) is 5.27. The molecule has 118 valence electrons. The zero-order valence-corrected chi connectivity index (χ0v) is 12.5. The summed E-state index contributed by atoms with van der Waals surface area (Å²) in [6.45, 7) is 0. The molecule has 0 aliphatic rings. The summed E-state index contributed by atoms with van der Waals surface area (Å²) in [5.74, 6) is 0.779. The molecule has 0 fully saturated rings. The number of nitrogens with zero attached hydrogens (tertiary/aromatic N) is 5. The molecule has 2 heterocycles. The zero-order valence-electron chi connectivity index (χ0n) is 12.5. The van der Waals surface area contributed by atoms with Gasteiger partial charge in [-0.25, -0.2) is 4.98 Å². The first-order valence-corrected chi connectivity index (χ1v) is 7.25. The molecule has 4 aromatic rings. The number of hydrogen-bond donors (Lipinski definition) is 1. The standard InChI is InChI=1S/C16H12N6O2/c17-16-19-15-12-6-1-2-7-13(12)18-14(21(15)20-16)9-10-4-3-5-11(8-10)22(23)24/h1-8H,9H2,(H2,17,20). The Morgan fingerprint density at radius 1 is 1.12 bits per heavy atom. The van der Waals surface area contributed by atoms with E-state index in [4.69, 9.17) is 5.73 Å². The molecule has 4 rings (SSSR count). The van der Waals surface area contributed by atoms with Crippen LogP contribution in [-0.4, -0.2) is 24.5 Å². The van der Waals surface area contributed by atoms with Crippen LogP contribution in [0.25, 0.3) is 16.6 Å². The lowest BCUT2D eigenvalue weighted by Crippen LogP contribution is -2.05. The van der Waals surface area contributed by atoms with Crippen LogP contribution in [0.3, 0.4) is 0 Å². The van der Waals surface area contributed by atoms with Crippen LogP contribution < -0.4 is 5.73 Å². The third kappa shape index (κ3) is 2.30. The van der Waals surface area contributed by atoms with Crippen LogP contribution in [0.5, 0.6) is 0 Å². The van der Waals surface area contributed by atoms with Gasteiger partial charge in [-0.15, -0.1) is 5.10 Å². The third-order valence-electron chi connectivity index (χ3n) is 3.75. The van der Waals surface area contributed by atoms with Crippen molar-refractivity contribution in [1.82, 2.24) is 19.6 Å². The molecule has 0 radical (unpaired) electrons. The minimum atomic E-state index is -0.416. The number of fused-ring (bicyclic) bond motifs is 3. The fraction of sp³-hybridized carbons (Fsp3) is 0.0625. The van der Waals surface area contributed by atoms with Gasteiger partial charge >= 0.3 is 0 Å². The van der Waals surface area contributed by atoms with E-state index in [0.717, 1.165) is 16.5 Å². The molecule has 0 saturated carbocycles. The van der Waals surface area contributed by atoms with Gasteiger partial charge in [-0.05, 0) is 17.7 Å². The van der Waals surface area contributed by atoms with E-state index in [0.29, 0.717) is 17.9 Å². The van der Waals surface area contributed by atoms with E-state index in [1.165, 1.54) is 12.1 Å². The van der Waals surface area contributed by atoms with Gasteiger partial charge in [0.15, 0.2) is 5.65 Å². The van der Waals surface area contributed by atoms with Gasteiger partial charge in [0.1, 0.15) is 5.82 Å². The first kappa shape index (κ1) is 14.1. The average Bonchev–Trinajstić information content (AvgIpc) is 2.97. The maximum atomic E-state index is 10.9. The van der Waals surface area contributed by atoms with Gasteiger partial charge in [0.25, 0.3) is 5.69 Å². The van der Waals surface area contributed by atoms with Crippen molar-refractivity contribution in [2.75, 3.05) is 5.73 Å². The van der Waals surface area contributed by atoms with Gasteiger partial charge in [0, 0.05) is 23.9 Å². The highest BCUT2D eigenvalue weighted by Crippen LogP contribution is 2.21. The Kier molecular flexibility index (Phi) is 3.09. The number of non-ortho nitro benzene ring substituents is 1. The van der Waals surface area contributed by atoms with Crippen molar-refractivity contribution in [3.63, 3.8) is 0 Å². The van der Waals surface area contributed by atoms with Crippen molar-refractivity contribution in [2.24, 2.45) is 0 Å². The normalized spacial score (nSPS) is 11.2. The fourth-order valence-corrected chi connectivity index (χ4v) is 2.71. The molecule has 0 bridgehead atoms. The van der Waals surface area contributed by atoms with E-state index >= 15 is 0 Å². The van der Waals surface area contributed by atoms with Crippen molar-refractivity contribution in [2.45, 2.75) is 6.42 Å². The lowest BCUT2D eigenvalue weighted by Gasteiger charge is -2.06. The first-order valence-electron chi connectivity index (χ1n) is 7.25. The predicted octanol–water partition coefficient (Wildman–Crippen LogP) is 2.36. The zero-order chi connectivity index (χ0) is 16.7. The summed E-state index contributed by atoms with van der Waals surface area (Å²) in [5, 5.41) is 16.0. The number of nitro benzene ring substituents is 1. The van der Waals surface area contributed by atoms with Gasteiger partial charge < -0.3 is 5.73 Å². The number of rotatable bonds is 3. The van der Waals surface area contributed by atoms with E-state index in [1.807, 2.05) is 30.3 Å². The first-order chi connectivity index (χ1) is 11.6. The second-order valence-corrected chi connectivity index (χ2v) is 5.35. The summed E-state index contributed by atoms with van der Waals surface area (Å²) in [7, 11) is 0. The van der Waals surface area contributed by atoms with Gasteiger partial charge in [-0.2, -0.15) is 9.50 Å². The van der Waals surface area contributed by atoms with Gasteiger partial charge in [-0.3, -0.25) is 10.1 Å². The monoisotopic (exact) mass is 320 g/mol. The Morgan fingerprint density at radius 2 is 1.96 bits per heavy atom. The summed E-state index contributed by atoms with van der Waals surface area (Å²) in [6, 6.07) is 14.0. The number of anilines is 1. The molecule has 0 atom stereocenters. The van der Waals surface area contributed by atoms with Crippen molar-refractivity contribution < 1.29 is 4.92 Å². The van der Waals surface area contributed by atoms with Crippen molar-refractivity contribution in [1.29, 1.82) is 0 Å². The SMILES string of the molecule is Nc1nc2c3ccccc3nc(Cc3cccc([N+](=O)[O-])c3)n2n1. The van der Waals surface area contributed by atoms with Crippen LogP contribution in [0, 0.1) is 10.1 Å². The quantitative estimate of drug-likeness (QED) is 0.458. The molecule has 2 N–H and O–H groups in total. The van der Waals surface area contributed by atoms with Crippen LogP contribution in [-0.2, 0) is 6.42 Å². The highest BCUT2D eigenvalue weighted by atomic mass is 16.6. The fourth-order valence-electron chi connectivity index (χ4n) is 2.71. The molecule has 0 spiro atoms. The number of benzene rings is 2. The van der Waals surface area contributed by atoms with Crippen LogP contribution in [0.2, 0.25) is 0 Å². The number of nitrogen functional groups attached to an aromatic ring is 1. The minimum Gasteiger partial charge on any atom is -0.366 e. The molecule has 0 unspecified atom stereocenters. The van der Waals surface area contributed by atoms with Crippen LogP contribution >= 0.6 is 0 Å². The summed E-state index contributed by atoms with van der Waals surface area (Å²) >= 11 is 0. The van der Waals surface area contributed by atoms with E-state index in [9.17, 15) is 10.1 Å². The maximum absolute atomic E-state index is 10.9. The summed E-state index contributed by atoms with van der Waals surface area (Å²) in [4.78, 5) is 19.4. The van der Waals surface area contributed by atoms with Crippen LogP contribution in [0.15, 0.2) is 48.5 Å². The third-order valence-corrected chi connectivity index (χ3v) is 3.75. The van der Waals surface area contributed by atoms with E-state index in [2.05, 4.69) is 15.1 Å². The molecule has 8 heteroatoms. The van der Waals surface area contributed by atoms with Crippen molar-refractivity contribution in [3.8, 4) is 0 Å². The molecule has 2 aromatic heterocycles. The number of nitro groups is 1. The molecule has 0 aliphatic carbocycles. The molecule has 0 saturated heterocycles. The summed E-state index contributed by atoms with van der Waals surface area (Å²) in [5.41, 5.74) is 7.96. The van der Waals surface area contributed by atoms with E-state index in [-0.39, 0.29) is 11.6 Å².